The van der Waals surface area contributed by atoms with Crippen molar-refractivity contribution >= 4 is 33.5 Å². The van der Waals surface area contributed by atoms with Crippen molar-refractivity contribution in [1.29, 1.82) is 0 Å². The molecule has 0 saturated carbocycles. The predicted octanol–water partition coefficient (Wildman–Crippen LogP) is 2.78. The minimum atomic E-state index is -1.28. The number of nitrogens with zero attached hydrogens (tertiary/aromatic N) is 2. The zero-order valence-electron chi connectivity index (χ0n) is 11.4. The highest BCUT2D eigenvalue weighted by Gasteiger charge is 2.15. The van der Waals surface area contributed by atoms with Crippen molar-refractivity contribution < 1.29 is 19.2 Å². The second-order valence-corrected chi connectivity index (χ2v) is 5.41. The van der Waals surface area contributed by atoms with Crippen LogP contribution in [0.4, 0.5) is 5.69 Å². The molecule has 0 atom stereocenters. The molecular weight excluding hydrogens is 368 g/mol. The number of hydrogen-bond donors (Lipinski definition) is 3. The van der Waals surface area contributed by atoms with Crippen molar-refractivity contribution in [2.24, 2.45) is 0 Å². The van der Waals surface area contributed by atoms with Gasteiger partial charge in [-0.2, -0.15) is 4.98 Å². The highest BCUT2D eigenvalue weighted by Crippen LogP contribution is 2.21. The number of benzene rings is 1. The fourth-order valence-corrected chi connectivity index (χ4v) is 2.20. The smallest absolute Gasteiger partial charge is 0.377 e. The molecule has 3 aromatic rings. The van der Waals surface area contributed by atoms with Crippen LogP contribution in [0, 0.1) is 0 Å². The van der Waals surface area contributed by atoms with E-state index >= 15 is 0 Å². The van der Waals surface area contributed by atoms with Crippen LogP contribution in [-0.4, -0.2) is 32.1 Å². The van der Waals surface area contributed by atoms with Gasteiger partial charge >= 0.3 is 5.97 Å². The molecule has 0 aliphatic heterocycles. The summed E-state index contributed by atoms with van der Waals surface area (Å²) in [5, 5.41) is 14.9. The predicted molar refractivity (Wildman–Crippen MR) is 83.1 cm³/mol. The van der Waals surface area contributed by atoms with Crippen LogP contribution in [0.3, 0.4) is 0 Å². The van der Waals surface area contributed by atoms with Gasteiger partial charge in [0.05, 0.1) is 0 Å². The van der Waals surface area contributed by atoms with E-state index < -0.39 is 11.8 Å². The lowest BCUT2D eigenvalue weighted by molar-refractivity contribution is 0.0680. The monoisotopic (exact) mass is 376 g/mol. The van der Waals surface area contributed by atoms with Crippen LogP contribution in [0.1, 0.15) is 21.1 Å². The number of amides is 1. The lowest BCUT2D eigenvalue weighted by Gasteiger charge is -2.04. The SMILES string of the molecule is O=C(O)c1noc(-c2cccc(NC(=O)c3cc(Br)c[nH]3)c2)n1. The van der Waals surface area contributed by atoms with Crippen LogP contribution in [0.5, 0.6) is 0 Å². The third kappa shape index (κ3) is 3.29. The van der Waals surface area contributed by atoms with E-state index in [9.17, 15) is 9.59 Å². The number of hydrogen-bond acceptors (Lipinski definition) is 5. The van der Waals surface area contributed by atoms with Crippen molar-refractivity contribution in [2.75, 3.05) is 5.32 Å². The molecule has 0 aliphatic carbocycles. The molecule has 0 bridgehead atoms. The van der Waals surface area contributed by atoms with Gasteiger partial charge in [0.2, 0.25) is 0 Å². The third-order valence-electron chi connectivity index (χ3n) is 2.88. The van der Waals surface area contributed by atoms with Crippen LogP contribution in [0.2, 0.25) is 0 Å². The van der Waals surface area contributed by atoms with Gasteiger partial charge in [-0.25, -0.2) is 4.79 Å². The van der Waals surface area contributed by atoms with E-state index in [0.29, 0.717) is 16.9 Å². The number of carbonyl (C=O) groups is 2. The van der Waals surface area contributed by atoms with Crippen molar-refractivity contribution in [3.05, 3.63) is 52.5 Å². The van der Waals surface area contributed by atoms with Gasteiger partial charge in [0.15, 0.2) is 0 Å². The number of H-pyrrole nitrogens is 1. The Bertz CT molecular complexity index is 886. The van der Waals surface area contributed by atoms with E-state index in [1.807, 2.05) is 0 Å². The number of carbonyl (C=O) groups excluding carboxylic acids is 1. The van der Waals surface area contributed by atoms with Crippen LogP contribution >= 0.6 is 15.9 Å². The average Bonchev–Trinajstić information content (AvgIpc) is 3.16. The Labute approximate surface area is 137 Å². The van der Waals surface area contributed by atoms with Crippen molar-refractivity contribution in [1.82, 2.24) is 15.1 Å². The molecule has 8 nitrogen and oxygen atoms in total. The molecular formula is C14H9BrN4O4. The van der Waals surface area contributed by atoms with Gasteiger partial charge in [-0.05, 0) is 45.4 Å². The average molecular weight is 377 g/mol. The van der Waals surface area contributed by atoms with Gasteiger partial charge in [0.1, 0.15) is 5.69 Å². The zero-order valence-corrected chi connectivity index (χ0v) is 13.0. The molecule has 0 spiro atoms. The number of carboxylic acids is 1. The molecule has 9 heteroatoms. The molecule has 2 heterocycles. The summed E-state index contributed by atoms with van der Waals surface area (Å²) in [6.07, 6.45) is 1.65. The molecule has 1 aromatic carbocycles. The summed E-state index contributed by atoms with van der Waals surface area (Å²) in [5.74, 6) is -1.96. The first-order chi connectivity index (χ1) is 11.0. The fraction of sp³-hybridized carbons (Fsp3) is 0. The molecule has 0 saturated heterocycles. The minimum Gasteiger partial charge on any atom is -0.475 e. The van der Waals surface area contributed by atoms with Crippen molar-refractivity contribution in [3.8, 4) is 11.5 Å². The molecule has 0 unspecified atom stereocenters. The highest BCUT2D eigenvalue weighted by molar-refractivity contribution is 9.10. The zero-order chi connectivity index (χ0) is 16.4. The third-order valence-corrected chi connectivity index (χ3v) is 3.33. The van der Waals surface area contributed by atoms with Gasteiger partial charge in [-0.1, -0.05) is 6.07 Å². The standard InChI is InChI=1S/C14H9BrN4O4/c15-8-5-10(16-6-8)12(20)17-9-3-1-2-7(4-9)13-18-11(14(21)22)19-23-13/h1-6,16H,(H,17,20)(H,21,22). The summed E-state index contributed by atoms with van der Waals surface area (Å²) < 4.78 is 5.66. The molecule has 1 amide bonds. The topological polar surface area (TPSA) is 121 Å². The van der Waals surface area contributed by atoms with Crippen LogP contribution < -0.4 is 5.32 Å². The van der Waals surface area contributed by atoms with Crippen LogP contribution in [-0.2, 0) is 0 Å². The van der Waals surface area contributed by atoms with E-state index in [1.165, 1.54) is 0 Å². The maximum absolute atomic E-state index is 12.1. The maximum Gasteiger partial charge on any atom is 0.377 e. The first kappa shape index (κ1) is 15.0. The second-order valence-electron chi connectivity index (χ2n) is 4.49. The molecule has 0 radical (unpaired) electrons. The molecule has 23 heavy (non-hydrogen) atoms. The maximum atomic E-state index is 12.1. The summed E-state index contributed by atoms with van der Waals surface area (Å²) >= 11 is 3.26. The van der Waals surface area contributed by atoms with E-state index in [1.54, 1.807) is 36.5 Å². The molecule has 0 fully saturated rings. The largest absolute Gasteiger partial charge is 0.475 e. The fourth-order valence-electron chi connectivity index (χ4n) is 1.86. The summed E-state index contributed by atoms with van der Waals surface area (Å²) in [7, 11) is 0. The number of aromatic amines is 1. The van der Waals surface area contributed by atoms with E-state index in [4.69, 9.17) is 9.63 Å². The molecule has 3 rings (SSSR count). The second kappa shape index (κ2) is 6.05. The molecule has 0 aliphatic rings. The normalized spacial score (nSPS) is 10.5. The highest BCUT2D eigenvalue weighted by atomic mass is 79.9. The van der Waals surface area contributed by atoms with E-state index in [0.717, 1.165) is 4.47 Å². The van der Waals surface area contributed by atoms with Crippen LogP contribution in [0.25, 0.3) is 11.5 Å². The molecule has 116 valence electrons. The first-order valence-corrected chi connectivity index (χ1v) is 7.15. The summed E-state index contributed by atoms with van der Waals surface area (Å²) in [4.78, 5) is 29.4. The molecule has 2 aromatic heterocycles. The lowest BCUT2D eigenvalue weighted by Crippen LogP contribution is -2.12. The summed E-state index contributed by atoms with van der Waals surface area (Å²) in [6.45, 7) is 0. The Morgan fingerprint density at radius 1 is 1.30 bits per heavy atom. The quantitative estimate of drug-likeness (QED) is 0.643. The Balaban J connectivity index is 1.82. The van der Waals surface area contributed by atoms with Crippen molar-refractivity contribution in [3.63, 3.8) is 0 Å². The van der Waals surface area contributed by atoms with Crippen molar-refractivity contribution in [2.45, 2.75) is 0 Å². The Hall–Kier alpha value is -2.94. The number of aromatic carboxylic acids is 1. The van der Waals surface area contributed by atoms with Gasteiger partial charge in [0.25, 0.3) is 17.6 Å². The van der Waals surface area contributed by atoms with Gasteiger partial charge in [0, 0.05) is 21.9 Å². The Kier molecular flexibility index (Phi) is 3.94. The minimum absolute atomic E-state index is 0.0566. The Morgan fingerprint density at radius 3 is 2.78 bits per heavy atom. The van der Waals surface area contributed by atoms with E-state index in [-0.39, 0.29) is 11.8 Å². The Morgan fingerprint density at radius 2 is 2.13 bits per heavy atom. The number of carboxylic acid groups (broad SMARTS) is 1. The van der Waals surface area contributed by atoms with Gasteiger partial charge < -0.3 is 19.9 Å². The first-order valence-electron chi connectivity index (χ1n) is 6.35. The van der Waals surface area contributed by atoms with E-state index in [2.05, 4.69) is 36.4 Å². The number of halogens is 1. The summed E-state index contributed by atoms with van der Waals surface area (Å²) in [5.41, 5.74) is 1.40. The van der Waals surface area contributed by atoms with Gasteiger partial charge in [-0.3, -0.25) is 4.79 Å². The molecule has 3 N–H and O–H groups in total. The van der Waals surface area contributed by atoms with Crippen LogP contribution in [0.15, 0.2) is 45.5 Å². The lowest BCUT2D eigenvalue weighted by atomic mass is 10.2. The van der Waals surface area contributed by atoms with Gasteiger partial charge in [-0.15, -0.1) is 0 Å². The number of aromatic nitrogens is 3. The number of anilines is 1. The number of rotatable bonds is 4. The summed E-state index contributed by atoms with van der Waals surface area (Å²) in [6, 6.07) is 8.29. The number of nitrogens with one attached hydrogen (secondary N) is 2.